The van der Waals surface area contributed by atoms with Crippen LogP contribution in [0, 0.1) is 5.92 Å². The van der Waals surface area contributed by atoms with E-state index < -0.39 is 0 Å². The van der Waals surface area contributed by atoms with Crippen LogP contribution in [0.2, 0.25) is 0 Å². The van der Waals surface area contributed by atoms with Gasteiger partial charge >= 0.3 is 0 Å². The van der Waals surface area contributed by atoms with Gasteiger partial charge in [0.05, 0.1) is 18.7 Å². The Morgan fingerprint density at radius 2 is 2.35 bits per heavy atom. The van der Waals surface area contributed by atoms with E-state index >= 15 is 0 Å². The average molecular weight is 280 g/mol. The predicted octanol–water partition coefficient (Wildman–Crippen LogP) is -1.16. The van der Waals surface area contributed by atoms with Crippen molar-refractivity contribution in [3.05, 3.63) is 11.9 Å². The van der Waals surface area contributed by atoms with Crippen LogP contribution in [0.15, 0.2) is 6.20 Å². The molecule has 0 saturated carbocycles. The van der Waals surface area contributed by atoms with Gasteiger partial charge in [-0.1, -0.05) is 5.21 Å². The quantitative estimate of drug-likeness (QED) is 0.723. The summed E-state index contributed by atoms with van der Waals surface area (Å²) in [6.07, 6.45) is 3.22. The molecule has 1 aromatic heterocycles. The third-order valence-corrected chi connectivity index (χ3v) is 3.44. The summed E-state index contributed by atoms with van der Waals surface area (Å²) in [4.78, 5) is 25.7. The van der Waals surface area contributed by atoms with Gasteiger partial charge in [-0.2, -0.15) is 0 Å². The summed E-state index contributed by atoms with van der Waals surface area (Å²) < 4.78 is 1.55. The van der Waals surface area contributed by atoms with Gasteiger partial charge in [0.25, 0.3) is 5.91 Å². The Hall–Kier alpha value is -1.96. The van der Waals surface area contributed by atoms with Crippen LogP contribution >= 0.6 is 0 Å². The van der Waals surface area contributed by atoms with Crippen LogP contribution in [0.5, 0.6) is 0 Å². The lowest BCUT2D eigenvalue weighted by Gasteiger charge is -2.31. The van der Waals surface area contributed by atoms with Crippen molar-refractivity contribution >= 4 is 11.8 Å². The molecule has 1 aliphatic heterocycles. The summed E-state index contributed by atoms with van der Waals surface area (Å²) in [5.41, 5.74) is 5.73. The smallest absolute Gasteiger partial charge is 0.276 e. The van der Waals surface area contributed by atoms with Crippen LogP contribution in [-0.4, -0.2) is 58.4 Å². The first-order valence-corrected chi connectivity index (χ1v) is 6.76. The van der Waals surface area contributed by atoms with E-state index in [1.807, 2.05) is 0 Å². The van der Waals surface area contributed by atoms with E-state index in [0.29, 0.717) is 31.9 Å². The van der Waals surface area contributed by atoms with Crippen molar-refractivity contribution in [3.63, 3.8) is 0 Å². The molecule has 3 N–H and O–H groups in total. The van der Waals surface area contributed by atoms with Gasteiger partial charge in [-0.3, -0.25) is 14.3 Å². The second-order valence-corrected chi connectivity index (χ2v) is 4.86. The van der Waals surface area contributed by atoms with Crippen molar-refractivity contribution in [1.82, 2.24) is 25.2 Å². The molecular weight excluding hydrogens is 260 g/mol. The molecule has 0 aliphatic carbocycles. The number of nitrogens with two attached hydrogens (primary N) is 1. The number of carbonyl (C=O) groups is 2. The number of hydrogen-bond donors (Lipinski definition) is 2. The molecule has 0 bridgehead atoms. The fraction of sp³-hybridized carbons (Fsp3) is 0.667. The first-order valence-electron chi connectivity index (χ1n) is 6.76. The number of nitrogens with zero attached hydrogens (tertiary/aromatic N) is 4. The van der Waals surface area contributed by atoms with E-state index in [1.54, 1.807) is 22.8 Å². The number of amides is 2. The second kappa shape index (κ2) is 6.47. The Labute approximate surface area is 117 Å². The highest BCUT2D eigenvalue weighted by molar-refractivity contribution is 5.92. The molecule has 2 rings (SSSR count). The van der Waals surface area contributed by atoms with Gasteiger partial charge in [0.15, 0.2) is 5.69 Å². The van der Waals surface area contributed by atoms with Crippen LogP contribution in [0.25, 0.3) is 0 Å². The van der Waals surface area contributed by atoms with Gasteiger partial charge in [-0.15, -0.1) is 5.10 Å². The highest BCUT2D eigenvalue weighted by Crippen LogP contribution is 2.18. The molecule has 1 aliphatic rings. The predicted molar refractivity (Wildman–Crippen MR) is 71.8 cm³/mol. The zero-order valence-electron chi connectivity index (χ0n) is 11.6. The van der Waals surface area contributed by atoms with Crippen molar-refractivity contribution in [1.29, 1.82) is 0 Å². The van der Waals surface area contributed by atoms with Gasteiger partial charge in [-0.05, 0) is 12.8 Å². The van der Waals surface area contributed by atoms with E-state index in [-0.39, 0.29) is 17.7 Å². The van der Waals surface area contributed by atoms with E-state index in [2.05, 4.69) is 15.6 Å². The third-order valence-electron chi connectivity index (χ3n) is 3.44. The Morgan fingerprint density at radius 3 is 3.05 bits per heavy atom. The van der Waals surface area contributed by atoms with Crippen LogP contribution < -0.4 is 11.1 Å². The molecule has 1 unspecified atom stereocenters. The largest absolute Gasteiger partial charge is 0.359 e. The van der Waals surface area contributed by atoms with Crippen molar-refractivity contribution in [3.8, 4) is 0 Å². The molecule has 8 heteroatoms. The van der Waals surface area contributed by atoms with E-state index in [4.69, 9.17) is 5.73 Å². The summed E-state index contributed by atoms with van der Waals surface area (Å²) >= 11 is 0. The molecule has 1 fully saturated rings. The molecule has 0 aromatic carbocycles. The number of nitrogens with one attached hydrogen (secondary N) is 1. The minimum absolute atomic E-state index is 0.0192. The molecule has 1 aromatic rings. The van der Waals surface area contributed by atoms with Gasteiger partial charge in [-0.25, -0.2) is 0 Å². The summed E-state index contributed by atoms with van der Waals surface area (Å²) in [5, 5.41) is 10.3. The van der Waals surface area contributed by atoms with Crippen molar-refractivity contribution in [2.75, 3.05) is 26.7 Å². The molecule has 1 saturated heterocycles. The molecule has 1 atom stereocenters. The number of aromatic nitrogens is 3. The van der Waals surface area contributed by atoms with E-state index in [1.165, 1.54) is 0 Å². The maximum Gasteiger partial charge on any atom is 0.276 e. The molecule has 0 spiro atoms. The van der Waals surface area contributed by atoms with Crippen LogP contribution in [-0.2, 0) is 11.3 Å². The maximum absolute atomic E-state index is 12.3. The molecule has 2 amide bonds. The Bertz CT molecular complexity index is 486. The lowest BCUT2D eigenvalue weighted by atomic mass is 9.97. The molecule has 0 radical (unpaired) electrons. The lowest BCUT2D eigenvalue weighted by Crippen LogP contribution is -2.44. The fourth-order valence-electron chi connectivity index (χ4n) is 2.38. The SMILES string of the molecule is CNC(=O)C1CCCN(C(=O)c2cn(CCN)nn2)C1. The number of hydrogen-bond acceptors (Lipinski definition) is 5. The van der Waals surface area contributed by atoms with Crippen LogP contribution in [0.3, 0.4) is 0 Å². The topological polar surface area (TPSA) is 106 Å². The van der Waals surface area contributed by atoms with Crippen molar-refractivity contribution in [2.45, 2.75) is 19.4 Å². The number of rotatable bonds is 4. The first kappa shape index (κ1) is 14.4. The monoisotopic (exact) mass is 280 g/mol. The molecule has 110 valence electrons. The second-order valence-electron chi connectivity index (χ2n) is 4.86. The molecule has 8 nitrogen and oxygen atoms in total. The molecule has 2 heterocycles. The Morgan fingerprint density at radius 1 is 1.55 bits per heavy atom. The Balaban J connectivity index is 2.02. The minimum Gasteiger partial charge on any atom is -0.359 e. The highest BCUT2D eigenvalue weighted by Gasteiger charge is 2.29. The first-order chi connectivity index (χ1) is 9.65. The molecular formula is C12H20N6O2. The van der Waals surface area contributed by atoms with E-state index in [0.717, 1.165) is 12.8 Å². The summed E-state index contributed by atoms with van der Waals surface area (Å²) in [6.45, 7) is 2.05. The lowest BCUT2D eigenvalue weighted by molar-refractivity contribution is -0.125. The average Bonchev–Trinajstić information content (AvgIpc) is 2.95. The van der Waals surface area contributed by atoms with Crippen molar-refractivity contribution < 1.29 is 9.59 Å². The van der Waals surface area contributed by atoms with Gasteiger partial charge in [0.2, 0.25) is 5.91 Å². The number of piperidine rings is 1. The Kier molecular flexibility index (Phi) is 4.67. The number of likely N-dealkylation sites (tertiary alicyclic amines) is 1. The maximum atomic E-state index is 12.3. The zero-order valence-corrected chi connectivity index (χ0v) is 11.6. The van der Waals surface area contributed by atoms with Crippen LogP contribution in [0.1, 0.15) is 23.3 Å². The third kappa shape index (κ3) is 3.13. The zero-order chi connectivity index (χ0) is 14.5. The molecule has 20 heavy (non-hydrogen) atoms. The number of carbonyl (C=O) groups excluding carboxylic acids is 2. The summed E-state index contributed by atoms with van der Waals surface area (Å²) in [7, 11) is 1.61. The normalized spacial score (nSPS) is 18.9. The highest BCUT2D eigenvalue weighted by atomic mass is 16.2. The van der Waals surface area contributed by atoms with Gasteiger partial charge in [0.1, 0.15) is 0 Å². The van der Waals surface area contributed by atoms with Gasteiger partial charge < -0.3 is 16.0 Å². The summed E-state index contributed by atoms with van der Waals surface area (Å²) in [6, 6.07) is 0. The van der Waals surface area contributed by atoms with Gasteiger partial charge in [0, 0.05) is 26.7 Å². The fourth-order valence-corrected chi connectivity index (χ4v) is 2.38. The minimum atomic E-state index is -0.179. The van der Waals surface area contributed by atoms with Crippen LogP contribution in [0.4, 0.5) is 0 Å². The van der Waals surface area contributed by atoms with E-state index in [9.17, 15) is 9.59 Å². The summed E-state index contributed by atoms with van der Waals surface area (Å²) in [5.74, 6) is -0.340. The standard InChI is InChI=1S/C12H20N6O2/c1-14-11(19)9-3-2-5-17(7-9)12(20)10-8-18(6-4-13)16-15-10/h8-9H,2-7,13H2,1H3,(H,14,19). The van der Waals surface area contributed by atoms with Crippen molar-refractivity contribution in [2.24, 2.45) is 11.7 Å².